The molecule has 0 aliphatic rings. The average molecular weight is 806 g/mol. The Bertz CT molecular complexity index is 744. The van der Waals surface area contributed by atoms with E-state index in [0.29, 0.717) is 12.8 Å². The van der Waals surface area contributed by atoms with Crippen LogP contribution in [0, 0.1) is 0 Å². The van der Waals surface area contributed by atoms with Crippen LogP contribution in [0.2, 0.25) is 0 Å². The molecule has 0 heterocycles. The summed E-state index contributed by atoms with van der Waals surface area (Å²) in [5.74, 6) is -0.0245. The van der Waals surface area contributed by atoms with E-state index in [1.165, 1.54) is 263 Å². The topological polar surface area (TPSA) is 69.6 Å². The highest BCUT2D eigenvalue weighted by atomic mass is 16.3. The summed E-state index contributed by atoms with van der Waals surface area (Å²) in [5, 5.41) is 23.2. The predicted molar refractivity (Wildman–Crippen MR) is 253 cm³/mol. The smallest absolute Gasteiger partial charge is 0.220 e. The highest BCUT2D eigenvalue weighted by molar-refractivity contribution is 5.76. The summed E-state index contributed by atoms with van der Waals surface area (Å²) in [4.78, 5) is 12.4. The zero-order chi connectivity index (χ0) is 41.4. The third kappa shape index (κ3) is 46.3. The van der Waals surface area contributed by atoms with E-state index in [9.17, 15) is 15.0 Å². The maximum atomic E-state index is 12.4. The van der Waals surface area contributed by atoms with Gasteiger partial charge in [0.2, 0.25) is 5.91 Å². The van der Waals surface area contributed by atoms with E-state index < -0.39 is 12.1 Å². The molecule has 0 aromatic heterocycles. The first-order chi connectivity index (χ1) is 28.2. The number of unbranched alkanes of at least 4 members (excludes halogenated alkanes) is 43. The van der Waals surface area contributed by atoms with Gasteiger partial charge in [0, 0.05) is 6.42 Å². The Morgan fingerprint density at radius 2 is 0.561 bits per heavy atom. The lowest BCUT2D eigenvalue weighted by Gasteiger charge is -2.22. The number of amides is 1. The molecule has 0 aliphatic heterocycles. The fourth-order valence-electron chi connectivity index (χ4n) is 8.78. The monoisotopic (exact) mass is 806 g/mol. The van der Waals surface area contributed by atoms with Gasteiger partial charge in [-0.05, 0) is 12.8 Å². The first kappa shape index (κ1) is 56.4. The normalized spacial score (nSPS) is 12.7. The van der Waals surface area contributed by atoms with Crippen molar-refractivity contribution in [1.82, 2.24) is 5.32 Å². The summed E-state index contributed by atoms with van der Waals surface area (Å²) in [7, 11) is 0. The molecule has 0 spiro atoms. The fourth-order valence-corrected chi connectivity index (χ4v) is 8.78. The van der Waals surface area contributed by atoms with E-state index in [-0.39, 0.29) is 12.5 Å². The minimum absolute atomic E-state index is 0.0245. The third-order valence-corrected chi connectivity index (χ3v) is 12.9. The van der Waals surface area contributed by atoms with Crippen molar-refractivity contribution in [1.29, 1.82) is 0 Å². The van der Waals surface area contributed by atoms with Crippen molar-refractivity contribution < 1.29 is 15.0 Å². The molecule has 0 fully saturated rings. The zero-order valence-electron chi connectivity index (χ0n) is 39.4. The number of rotatable bonds is 50. The van der Waals surface area contributed by atoms with Crippen molar-refractivity contribution in [2.45, 2.75) is 328 Å². The number of carbonyl (C=O) groups excluding carboxylic acids is 1. The van der Waals surface area contributed by atoms with Gasteiger partial charge < -0.3 is 15.5 Å². The number of aliphatic hydroxyl groups is 2. The van der Waals surface area contributed by atoms with Crippen LogP contribution in [0.4, 0.5) is 0 Å². The molecule has 3 N–H and O–H groups in total. The molecule has 1 amide bonds. The Balaban J connectivity index is 3.33. The molecule has 0 aliphatic carbocycles. The lowest BCUT2D eigenvalue weighted by Crippen LogP contribution is -2.45. The van der Waals surface area contributed by atoms with Crippen molar-refractivity contribution in [3.05, 3.63) is 0 Å². The summed E-state index contributed by atoms with van der Waals surface area (Å²) in [5.41, 5.74) is 0. The van der Waals surface area contributed by atoms with Gasteiger partial charge in [-0.1, -0.05) is 296 Å². The Morgan fingerprint density at radius 1 is 0.351 bits per heavy atom. The van der Waals surface area contributed by atoms with Crippen molar-refractivity contribution in [2.24, 2.45) is 0 Å². The molecule has 0 unspecified atom stereocenters. The highest BCUT2D eigenvalue weighted by Crippen LogP contribution is 2.18. The summed E-state index contributed by atoms with van der Waals surface area (Å²) in [6, 6.07) is -0.529. The van der Waals surface area contributed by atoms with Crippen LogP contribution in [-0.2, 0) is 4.79 Å². The van der Waals surface area contributed by atoms with Crippen LogP contribution in [0.25, 0.3) is 0 Å². The van der Waals surface area contributed by atoms with Crippen LogP contribution in [0.1, 0.15) is 316 Å². The van der Waals surface area contributed by atoms with Crippen LogP contribution in [0.15, 0.2) is 0 Å². The molecule has 57 heavy (non-hydrogen) atoms. The summed E-state index contributed by atoms with van der Waals surface area (Å²) in [6.45, 7) is 4.38. The van der Waals surface area contributed by atoms with Gasteiger partial charge in [0.1, 0.15) is 0 Å². The number of carbonyl (C=O) groups is 1. The summed E-state index contributed by atoms with van der Waals surface area (Å²) >= 11 is 0. The lowest BCUT2D eigenvalue weighted by molar-refractivity contribution is -0.123. The minimum atomic E-state index is -0.653. The molecule has 4 heteroatoms. The van der Waals surface area contributed by atoms with Crippen molar-refractivity contribution in [3.8, 4) is 0 Å². The van der Waals surface area contributed by atoms with Gasteiger partial charge in [0.15, 0.2) is 0 Å². The van der Waals surface area contributed by atoms with Gasteiger partial charge in [0.25, 0.3) is 0 Å². The molecule has 0 radical (unpaired) electrons. The van der Waals surface area contributed by atoms with Gasteiger partial charge >= 0.3 is 0 Å². The van der Waals surface area contributed by atoms with Crippen LogP contribution >= 0.6 is 0 Å². The highest BCUT2D eigenvalue weighted by Gasteiger charge is 2.20. The van der Waals surface area contributed by atoms with Crippen LogP contribution in [-0.4, -0.2) is 34.9 Å². The molecule has 0 bridgehead atoms. The Morgan fingerprint density at radius 3 is 0.789 bits per heavy atom. The molecule has 2 atom stereocenters. The van der Waals surface area contributed by atoms with Gasteiger partial charge in [-0.2, -0.15) is 0 Å². The van der Waals surface area contributed by atoms with Crippen molar-refractivity contribution >= 4 is 5.91 Å². The van der Waals surface area contributed by atoms with Crippen LogP contribution < -0.4 is 5.32 Å². The molecule has 0 saturated heterocycles. The van der Waals surface area contributed by atoms with E-state index in [2.05, 4.69) is 19.2 Å². The second kappa shape index (κ2) is 49.8. The molecular weight excluding hydrogens is 699 g/mol. The van der Waals surface area contributed by atoms with Crippen LogP contribution in [0.5, 0.6) is 0 Å². The number of aliphatic hydroxyl groups excluding tert-OH is 2. The first-order valence-electron chi connectivity index (χ1n) is 26.7. The van der Waals surface area contributed by atoms with E-state index in [0.717, 1.165) is 25.7 Å². The molecule has 0 rings (SSSR count). The average Bonchev–Trinajstić information content (AvgIpc) is 3.22. The van der Waals surface area contributed by atoms with Gasteiger partial charge in [-0.25, -0.2) is 0 Å². The van der Waals surface area contributed by atoms with Crippen molar-refractivity contribution in [2.75, 3.05) is 6.61 Å². The maximum Gasteiger partial charge on any atom is 0.220 e. The summed E-state index contributed by atoms with van der Waals surface area (Å²) < 4.78 is 0. The third-order valence-electron chi connectivity index (χ3n) is 12.9. The lowest BCUT2D eigenvalue weighted by atomic mass is 10.0. The Labute approximate surface area is 359 Å². The van der Waals surface area contributed by atoms with E-state index in [4.69, 9.17) is 0 Å². The van der Waals surface area contributed by atoms with Gasteiger partial charge in [-0.3, -0.25) is 4.79 Å². The zero-order valence-corrected chi connectivity index (χ0v) is 39.4. The van der Waals surface area contributed by atoms with Crippen LogP contribution in [0.3, 0.4) is 0 Å². The van der Waals surface area contributed by atoms with Crippen molar-refractivity contribution in [3.63, 3.8) is 0 Å². The molecule has 4 nitrogen and oxygen atoms in total. The van der Waals surface area contributed by atoms with E-state index in [1.54, 1.807) is 0 Å². The SMILES string of the molecule is CCCCCCCCCCCCCCCCCCCCCCCCCCCCCCCCCCCC(=O)N[C@@H](CO)[C@H](O)CCCCCCCCCCCCCC. The molecular formula is C53H107NO3. The molecule has 0 aromatic rings. The van der Waals surface area contributed by atoms with Gasteiger partial charge in [-0.15, -0.1) is 0 Å². The largest absolute Gasteiger partial charge is 0.394 e. The predicted octanol–water partition coefficient (Wildman–Crippen LogP) is 17.2. The first-order valence-corrected chi connectivity index (χ1v) is 26.7. The van der Waals surface area contributed by atoms with Gasteiger partial charge in [0.05, 0.1) is 18.8 Å². The second-order valence-electron chi connectivity index (χ2n) is 18.7. The quantitative estimate of drug-likeness (QED) is 0.0536. The molecule has 342 valence electrons. The maximum absolute atomic E-state index is 12.4. The number of hydrogen-bond acceptors (Lipinski definition) is 3. The summed E-state index contributed by atoms with van der Waals surface area (Å²) in [6.07, 6.45) is 62.4. The second-order valence-corrected chi connectivity index (χ2v) is 18.7. The molecule has 0 aromatic carbocycles. The number of hydrogen-bond donors (Lipinski definition) is 3. The standard InChI is InChI=1S/C53H107NO3/c1-3-5-7-9-11-13-15-17-18-19-20-21-22-23-24-25-26-27-28-29-30-31-32-33-34-35-36-37-39-41-43-45-47-49-53(57)54-51(50-55)52(56)48-46-44-42-40-38-16-14-12-10-8-6-4-2/h51-52,55-56H,3-50H2,1-2H3,(H,54,57)/t51-,52+/m0/s1. The fraction of sp³-hybridized carbons (Fsp3) is 0.981. The van der Waals surface area contributed by atoms with E-state index >= 15 is 0 Å². The Kier molecular flexibility index (Phi) is 49.2. The number of nitrogens with one attached hydrogen (secondary N) is 1. The molecule has 0 saturated carbocycles. The van der Waals surface area contributed by atoms with E-state index in [1.807, 2.05) is 0 Å². The Hall–Kier alpha value is -0.610. The minimum Gasteiger partial charge on any atom is -0.394 e.